The van der Waals surface area contributed by atoms with Crippen LogP contribution in [0, 0.1) is 0 Å². The Morgan fingerprint density at radius 2 is 2.00 bits per heavy atom. The van der Waals surface area contributed by atoms with Crippen LogP contribution in [0.5, 0.6) is 0 Å². The van der Waals surface area contributed by atoms with Gasteiger partial charge in [0.15, 0.2) is 9.84 Å². The molecule has 0 aromatic carbocycles. The van der Waals surface area contributed by atoms with E-state index in [-0.39, 0.29) is 36.5 Å². The fraction of sp³-hybridized carbons (Fsp3) is 0.846. The van der Waals surface area contributed by atoms with E-state index in [1.54, 1.807) is 4.90 Å². The summed E-state index contributed by atoms with van der Waals surface area (Å²) in [4.78, 5) is 26.6. The number of carboxylic acids is 1. The van der Waals surface area contributed by atoms with Gasteiger partial charge in [-0.1, -0.05) is 6.92 Å². The molecule has 0 aliphatic carbocycles. The molecule has 122 valence electrons. The first kappa shape index (κ1) is 17.7. The van der Waals surface area contributed by atoms with Crippen molar-refractivity contribution in [1.82, 2.24) is 9.80 Å². The predicted octanol–water partition coefficient (Wildman–Crippen LogP) is 0.801. The van der Waals surface area contributed by atoms with Gasteiger partial charge < -0.3 is 14.9 Å². The van der Waals surface area contributed by atoms with E-state index in [4.69, 9.17) is 5.11 Å². The molecule has 2 unspecified atom stereocenters. The number of nitrogens with zero attached hydrogens (tertiary/aromatic N) is 2. The summed E-state index contributed by atoms with van der Waals surface area (Å²) in [6.07, 6.45) is 0.443. The van der Waals surface area contributed by atoms with Crippen molar-refractivity contribution in [2.75, 3.05) is 24.6 Å². The molecule has 1 aliphatic rings. The fourth-order valence-corrected chi connectivity index (χ4v) is 4.06. The summed E-state index contributed by atoms with van der Waals surface area (Å²) >= 11 is 0. The standard InChI is InChI=1S/C13H24N2O5S/c1-4-10(3)14(5-2)13(18)15-6-7-21(19,20)9-11(15)8-12(16)17/h10-11H,4-9H2,1-3H3,(H,16,17). The Balaban J connectivity index is 2.95. The van der Waals surface area contributed by atoms with Crippen LogP contribution in [0.15, 0.2) is 0 Å². The number of sulfone groups is 1. The molecule has 1 fully saturated rings. The van der Waals surface area contributed by atoms with Gasteiger partial charge in [-0.2, -0.15) is 0 Å². The Morgan fingerprint density at radius 1 is 1.38 bits per heavy atom. The lowest BCUT2D eigenvalue weighted by Gasteiger charge is -2.39. The van der Waals surface area contributed by atoms with Gasteiger partial charge in [0, 0.05) is 19.1 Å². The van der Waals surface area contributed by atoms with Crippen LogP contribution in [-0.4, -0.2) is 72.0 Å². The maximum absolute atomic E-state index is 12.6. The monoisotopic (exact) mass is 320 g/mol. The minimum Gasteiger partial charge on any atom is -0.481 e. The SMILES string of the molecule is CCC(C)N(CC)C(=O)N1CCS(=O)(=O)CC1CC(=O)O. The average molecular weight is 320 g/mol. The van der Waals surface area contributed by atoms with Crippen LogP contribution in [0.4, 0.5) is 4.79 Å². The van der Waals surface area contributed by atoms with Gasteiger partial charge in [0.2, 0.25) is 0 Å². The minimum atomic E-state index is -3.28. The summed E-state index contributed by atoms with van der Waals surface area (Å²) in [6, 6.07) is -1.02. The van der Waals surface area contributed by atoms with Crippen molar-refractivity contribution in [2.45, 2.75) is 45.7 Å². The lowest BCUT2D eigenvalue weighted by Crippen LogP contribution is -2.57. The molecule has 1 N–H and O–H groups in total. The molecule has 0 aromatic rings. The van der Waals surface area contributed by atoms with Crippen LogP contribution in [0.1, 0.15) is 33.6 Å². The summed E-state index contributed by atoms with van der Waals surface area (Å²) < 4.78 is 23.4. The molecule has 1 heterocycles. The van der Waals surface area contributed by atoms with Crippen LogP contribution in [0.3, 0.4) is 0 Å². The Hall–Kier alpha value is -1.31. The van der Waals surface area contributed by atoms with Gasteiger partial charge in [-0.15, -0.1) is 0 Å². The van der Waals surface area contributed by atoms with E-state index in [9.17, 15) is 18.0 Å². The second kappa shape index (κ2) is 7.11. The van der Waals surface area contributed by atoms with Crippen molar-refractivity contribution in [2.24, 2.45) is 0 Å². The molecular weight excluding hydrogens is 296 g/mol. The van der Waals surface area contributed by atoms with E-state index in [0.29, 0.717) is 6.54 Å². The maximum Gasteiger partial charge on any atom is 0.320 e. The van der Waals surface area contributed by atoms with Gasteiger partial charge in [0.1, 0.15) is 0 Å². The molecule has 0 saturated carbocycles. The second-order valence-electron chi connectivity index (χ2n) is 5.39. The molecule has 0 bridgehead atoms. The molecule has 8 heteroatoms. The highest BCUT2D eigenvalue weighted by Gasteiger charge is 2.37. The molecule has 0 aromatic heterocycles. The number of urea groups is 1. The van der Waals surface area contributed by atoms with Crippen molar-refractivity contribution in [3.63, 3.8) is 0 Å². The molecule has 7 nitrogen and oxygen atoms in total. The Bertz CT molecular complexity index is 491. The summed E-state index contributed by atoms with van der Waals surface area (Å²) in [7, 11) is -3.28. The van der Waals surface area contributed by atoms with Gasteiger partial charge in [0.05, 0.1) is 24.0 Å². The number of carboxylic acid groups (broad SMARTS) is 1. The molecule has 1 aliphatic heterocycles. The Kier molecular flexibility index (Phi) is 6.00. The van der Waals surface area contributed by atoms with Crippen molar-refractivity contribution < 1.29 is 23.1 Å². The number of carbonyl (C=O) groups excluding carboxylic acids is 1. The lowest BCUT2D eigenvalue weighted by atomic mass is 10.2. The number of hydrogen-bond donors (Lipinski definition) is 1. The zero-order valence-corrected chi connectivity index (χ0v) is 13.6. The number of hydrogen-bond acceptors (Lipinski definition) is 4. The number of amides is 2. The van der Waals surface area contributed by atoms with Crippen LogP contribution < -0.4 is 0 Å². The third-order valence-corrected chi connectivity index (χ3v) is 5.59. The lowest BCUT2D eigenvalue weighted by molar-refractivity contribution is -0.138. The molecule has 0 spiro atoms. The molecule has 21 heavy (non-hydrogen) atoms. The predicted molar refractivity (Wildman–Crippen MR) is 78.9 cm³/mol. The molecule has 1 saturated heterocycles. The molecule has 0 radical (unpaired) electrons. The highest BCUT2D eigenvalue weighted by Crippen LogP contribution is 2.18. The maximum atomic E-state index is 12.6. The van der Waals surface area contributed by atoms with Gasteiger partial charge in [-0.05, 0) is 20.3 Å². The van der Waals surface area contributed by atoms with E-state index < -0.39 is 21.8 Å². The third kappa shape index (κ3) is 4.59. The zero-order valence-electron chi connectivity index (χ0n) is 12.8. The first-order chi connectivity index (χ1) is 9.71. The molecule has 2 amide bonds. The van der Waals surface area contributed by atoms with Crippen molar-refractivity contribution in [1.29, 1.82) is 0 Å². The van der Waals surface area contributed by atoms with Crippen LogP contribution >= 0.6 is 0 Å². The normalized spacial score (nSPS) is 22.6. The first-order valence-corrected chi connectivity index (χ1v) is 9.03. The highest BCUT2D eigenvalue weighted by molar-refractivity contribution is 7.91. The summed E-state index contributed by atoms with van der Waals surface area (Å²) in [5.74, 6) is -1.47. The third-order valence-electron chi connectivity index (χ3n) is 3.90. The van der Waals surface area contributed by atoms with Gasteiger partial charge >= 0.3 is 12.0 Å². The Morgan fingerprint density at radius 3 is 2.48 bits per heavy atom. The van der Waals surface area contributed by atoms with Crippen LogP contribution in [-0.2, 0) is 14.6 Å². The van der Waals surface area contributed by atoms with Gasteiger partial charge in [0.25, 0.3) is 0 Å². The topological polar surface area (TPSA) is 95.0 Å². The largest absolute Gasteiger partial charge is 0.481 e. The van der Waals surface area contributed by atoms with Gasteiger partial charge in [-0.25, -0.2) is 13.2 Å². The molecule has 1 rings (SSSR count). The molecule has 2 atom stereocenters. The van der Waals surface area contributed by atoms with Gasteiger partial charge in [-0.3, -0.25) is 4.79 Å². The smallest absolute Gasteiger partial charge is 0.320 e. The second-order valence-corrected chi connectivity index (χ2v) is 7.61. The van der Waals surface area contributed by atoms with Crippen LogP contribution in [0.2, 0.25) is 0 Å². The van der Waals surface area contributed by atoms with Crippen molar-refractivity contribution in [3.05, 3.63) is 0 Å². The highest BCUT2D eigenvalue weighted by atomic mass is 32.2. The first-order valence-electron chi connectivity index (χ1n) is 7.21. The number of carbonyl (C=O) groups is 2. The average Bonchev–Trinajstić information content (AvgIpc) is 2.37. The quantitative estimate of drug-likeness (QED) is 0.808. The van der Waals surface area contributed by atoms with Crippen molar-refractivity contribution >= 4 is 21.8 Å². The molecular formula is C13H24N2O5S. The number of rotatable bonds is 5. The minimum absolute atomic E-state index is 0.0338. The van der Waals surface area contributed by atoms with Crippen molar-refractivity contribution in [3.8, 4) is 0 Å². The van der Waals surface area contributed by atoms with Crippen LogP contribution in [0.25, 0.3) is 0 Å². The van der Waals surface area contributed by atoms with E-state index in [2.05, 4.69) is 0 Å². The summed E-state index contributed by atoms with van der Waals surface area (Å²) in [6.45, 7) is 6.32. The zero-order chi connectivity index (χ0) is 16.2. The fourth-order valence-electron chi connectivity index (χ4n) is 2.53. The number of aliphatic carboxylic acids is 1. The summed E-state index contributed by atoms with van der Waals surface area (Å²) in [5, 5.41) is 8.94. The van der Waals surface area contributed by atoms with E-state index in [1.807, 2.05) is 20.8 Å². The van der Waals surface area contributed by atoms with E-state index in [1.165, 1.54) is 4.90 Å². The van der Waals surface area contributed by atoms with E-state index in [0.717, 1.165) is 6.42 Å². The summed E-state index contributed by atoms with van der Waals surface area (Å²) in [5.41, 5.74) is 0. The van der Waals surface area contributed by atoms with E-state index >= 15 is 0 Å². The Labute approximate surface area is 125 Å².